The third kappa shape index (κ3) is 4.19. The highest BCUT2D eigenvalue weighted by Crippen LogP contribution is 2.43. The van der Waals surface area contributed by atoms with Crippen molar-refractivity contribution in [2.24, 2.45) is 0 Å². The third-order valence-corrected chi connectivity index (χ3v) is 5.40. The molecule has 0 aliphatic rings. The monoisotopic (exact) mass is 475 g/mol. The Balaban J connectivity index is 2.30. The molecule has 0 saturated heterocycles. The summed E-state index contributed by atoms with van der Waals surface area (Å²) in [6, 6.07) is 5.76. The fraction of sp³-hybridized carbons (Fsp3) is 0.167. The van der Waals surface area contributed by atoms with Crippen molar-refractivity contribution in [3.63, 3.8) is 0 Å². The summed E-state index contributed by atoms with van der Waals surface area (Å²) in [5.41, 5.74) is -0.614. The summed E-state index contributed by atoms with van der Waals surface area (Å²) in [7, 11) is 1.62. The van der Waals surface area contributed by atoms with Gasteiger partial charge >= 0.3 is 6.18 Å². The van der Waals surface area contributed by atoms with E-state index >= 15 is 0 Å². The van der Waals surface area contributed by atoms with Gasteiger partial charge in [0.25, 0.3) is 0 Å². The number of benzene rings is 1. The van der Waals surface area contributed by atoms with Crippen LogP contribution < -0.4 is 4.90 Å². The summed E-state index contributed by atoms with van der Waals surface area (Å²) in [6.45, 7) is 0. The van der Waals surface area contributed by atoms with Gasteiger partial charge in [-0.15, -0.1) is 0 Å². The number of alkyl halides is 4. The van der Waals surface area contributed by atoms with Crippen molar-refractivity contribution in [3.8, 4) is 11.8 Å². The maximum atomic E-state index is 13.2. The highest BCUT2D eigenvalue weighted by Gasteiger charge is 2.33. The molecule has 3 rings (SSSR count). The van der Waals surface area contributed by atoms with E-state index in [0.29, 0.717) is 29.6 Å². The highest BCUT2D eigenvalue weighted by atomic mass is 35.5. The molecule has 0 spiro atoms. The van der Waals surface area contributed by atoms with E-state index in [1.165, 1.54) is 12.4 Å². The van der Waals surface area contributed by atoms with Crippen LogP contribution in [0, 0.1) is 11.3 Å². The van der Waals surface area contributed by atoms with Crippen LogP contribution in [0.25, 0.3) is 5.69 Å². The summed E-state index contributed by atoms with van der Waals surface area (Å²) in [5, 5.41) is 12.9. The van der Waals surface area contributed by atoms with Crippen molar-refractivity contribution < 1.29 is 17.6 Å². The summed E-state index contributed by atoms with van der Waals surface area (Å²) in [4.78, 5) is 5.70. The Morgan fingerprint density at radius 2 is 1.80 bits per heavy atom. The molecule has 3 aromatic rings. The van der Waals surface area contributed by atoms with Crippen LogP contribution in [0.15, 0.2) is 41.6 Å². The number of thioether (sulfide) groups is 1. The van der Waals surface area contributed by atoms with Crippen molar-refractivity contribution in [1.29, 1.82) is 5.26 Å². The molecule has 2 heterocycles. The standard InChI is InChI=1S/C18H11Cl2F4N5S/c1-28(11-2-4-26-5-3-11)17-16(30-9-21)14(8-25)27-29(17)15-12(19)6-10(7-13(15)20)18(22,23)24/h2-7H,9H2,1H3. The van der Waals surface area contributed by atoms with E-state index in [2.05, 4.69) is 10.1 Å². The van der Waals surface area contributed by atoms with Gasteiger partial charge in [0, 0.05) is 25.1 Å². The van der Waals surface area contributed by atoms with Gasteiger partial charge in [-0.3, -0.25) is 4.98 Å². The Bertz CT molecular complexity index is 1090. The number of hydrogen-bond donors (Lipinski definition) is 0. The zero-order chi connectivity index (χ0) is 22.1. The molecule has 0 N–H and O–H groups in total. The minimum absolute atomic E-state index is 0.0653. The van der Waals surface area contributed by atoms with E-state index in [1.54, 1.807) is 24.1 Å². The molecule has 1 aromatic carbocycles. The molecule has 30 heavy (non-hydrogen) atoms. The van der Waals surface area contributed by atoms with Gasteiger partial charge in [-0.1, -0.05) is 35.0 Å². The van der Waals surface area contributed by atoms with Crippen LogP contribution in [0.1, 0.15) is 11.3 Å². The van der Waals surface area contributed by atoms with Gasteiger partial charge in [0.1, 0.15) is 17.8 Å². The number of nitrogens with zero attached hydrogens (tertiary/aromatic N) is 5. The number of aromatic nitrogens is 3. The molecular weight excluding hydrogens is 465 g/mol. The quantitative estimate of drug-likeness (QED) is 0.322. The van der Waals surface area contributed by atoms with Gasteiger partial charge < -0.3 is 4.90 Å². The fourth-order valence-corrected chi connectivity index (χ4v) is 4.06. The lowest BCUT2D eigenvalue weighted by atomic mass is 10.2. The highest BCUT2D eigenvalue weighted by molar-refractivity contribution is 7.99. The number of halogens is 6. The molecule has 2 aromatic heterocycles. The molecule has 0 bridgehead atoms. The van der Waals surface area contributed by atoms with Crippen LogP contribution in [0.5, 0.6) is 0 Å². The van der Waals surface area contributed by atoms with Gasteiger partial charge in [-0.2, -0.15) is 23.5 Å². The Hall–Kier alpha value is -2.48. The zero-order valence-electron chi connectivity index (χ0n) is 15.1. The molecule has 0 saturated carbocycles. The number of hydrogen-bond acceptors (Lipinski definition) is 5. The number of pyridine rings is 1. The number of anilines is 2. The Morgan fingerprint density at radius 1 is 1.20 bits per heavy atom. The van der Waals surface area contributed by atoms with Crippen LogP contribution in [-0.2, 0) is 6.18 Å². The van der Waals surface area contributed by atoms with Crippen LogP contribution >= 0.6 is 35.0 Å². The third-order valence-electron chi connectivity index (χ3n) is 4.05. The Labute approximate surface area is 182 Å². The minimum atomic E-state index is -4.65. The van der Waals surface area contributed by atoms with Gasteiger partial charge in [0.05, 0.1) is 20.5 Å². The first-order chi connectivity index (χ1) is 14.2. The Morgan fingerprint density at radius 3 is 2.30 bits per heavy atom. The summed E-state index contributed by atoms with van der Waals surface area (Å²) >= 11 is 13.0. The van der Waals surface area contributed by atoms with Crippen molar-refractivity contribution >= 4 is 46.5 Å². The molecule has 0 aliphatic heterocycles. The van der Waals surface area contributed by atoms with Crippen LogP contribution in [0.4, 0.5) is 29.1 Å². The zero-order valence-corrected chi connectivity index (χ0v) is 17.4. The van der Waals surface area contributed by atoms with Crippen LogP contribution in [0.2, 0.25) is 10.0 Å². The number of rotatable bonds is 5. The molecule has 156 valence electrons. The lowest BCUT2D eigenvalue weighted by Gasteiger charge is -2.23. The van der Waals surface area contributed by atoms with E-state index < -0.39 is 17.7 Å². The second kappa shape index (κ2) is 8.71. The lowest BCUT2D eigenvalue weighted by molar-refractivity contribution is -0.137. The van der Waals surface area contributed by atoms with E-state index in [4.69, 9.17) is 23.2 Å². The molecule has 0 radical (unpaired) electrons. The topological polar surface area (TPSA) is 57.7 Å². The smallest absolute Gasteiger partial charge is 0.328 e. The fourth-order valence-electron chi connectivity index (χ4n) is 2.73. The van der Waals surface area contributed by atoms with Crippen LogP contribution in [-0.4, -0.2) is 27.8 Å². The maximum absolute atomic E-state index is 13.2. The van der Waals surface area contributed by atoms with E-state index in [9.17, 15) is 22.8 Å². The van der Waals surface area contributed by atoms with Crippen molar-refractivity contribution in [1.82, 2.24) is 14.8 Å². The van der Waals surface area contributed by atoms with Crippen molar-refractivity contribution in [3.05, 3.63) is 58.0 Å². The second-order valence-electron chi connectivity index (χ2n) is 5.83. The minimum Gasteiger partial charge on any atom is -0.328 e. The molecule has 5 nitrogen and oxygen atoms in total. The van der Waals surface area contributed by atoms with Crippen molar-refractivity contribution in [2.75, 3.05) is 18.0 Å². The maximum Gasteiger partial charge on any atom is 0.416 e. The second-order valence-corrected chi connectivity index (χ2v) is 7.56. The first kappa shape index (κ1) is 22.2. The normalized spacial score (nSPS) is 11.4. The molecule has 0 amide bonds. The SMILES string of the molecule is CN(c1ccncc1)c1c(SCF)c(C#N)nn1-c1c(Cl)cc(C(F)(F)F)cc1Cl. The summed E-state index contributed by atoms with van der Waals surface area (Å²) in [6.07, 6.45) is -1.60. The molecular formula is C18H11Cl2F4N5S. The van der Waals surface area contributed by atoms with E-state index in [1.807, 2.05) is 6.07 Å². The largest absolute Gasteiger partial charge is 0.416 e. The summed E-state index contributed by atoms with van der Waals surface area (Å²) in [5.74, 6) is 0.212. The van der Waals surface area contributed by atoms with E-state index in [-0.39, 0.29) is 32.1 Å². The molecule has 0 unspecified atom stereocenters. The lowest BCUT2D eigenvalue weighted by Crippen LogP contribution is -2.16. The van der Waals surface area contributed by atoms with Gasteiger partial charge in [0.2, 0.25) is 0 Å². The predicted molar refractivity (Wildman–Crippen MR) is 107 cm³/mol. The first-order valence-corrected chi connectivity index (χ1v) is 9.85. The van der Waals surface area contributed by atoms with Crippen molar-refractivity contribution in [2.45, 2.75) is 11.1 Å². The van der Waals surface area contributed by atoms with Gasteiger partial charge in [-0.05, 0) is 24.3 Å². The average Bonchev–Trinajstić information content (AvgIpc) is 3.05. The molecule has 0 fully saturated rings. The van der Waals surface area contributed by atoms with Gasteiger partial charge in [0.15, 0.2) is 11.5 Å². The van der Waals surface area contributed by atoms with E-state index in [0.717, 1.165) is 4.68 Å². The van der Waals surface area contributed by atoms with Gasteiger partial charge in [-0.25, -0.2) is 9.07 Å². The Kier molecular flexibility index (Phi) is 6.45. The predicted octanol–water partition coefficient (Wildman–Crippen LogP) is 6.25. The molecule has 0 atom stereocenters. The first-order valence-electron chi connectivity index (χ1n) is 8.11. The molecule has 0 aliphatic carbocycles. The number of nitriles is 1. The summed E-state index contributed by atoms with van der Waals surface area (Å²) < 4.78 is 53.6. The van der Waals surface area contributed by atoms with Crippen LogP contribution in [0.3, 0.4) is 0 Å². The average molecular weight is 476 g/mol. The molecule has 12 heteroatoms.